The summed E-state index contributed by atoms with van der Waals surface area (Å²) in [6.07, 6.45) is 1.53. The van der Waals surface area contributed by atoms with E-state index in [1.807, 2.05) is 36.4 Å². The van der Waals surface area contributed by atoms with E-state index in [0.29, 0.717) is 11.5 Å². The molecule has 134 valence electrons. The highest BCUT2D eigenvalue weighted by atomic mass is 16.6. The number of esters is 1. The maximum Gasteiger partial charge on any atom is 0.344 e. The molecule has 0 bridgehead atoms. The molecule has 0 aliphatic rings. The smallest absolute Gasteiger partial charge is 0.344 e. The molecule has 2 aromatic carbocycles. The van der Waals surface area contributed by atoms with Gasteiger partial charge in [-0.05, 0) is 42.0 Å². The average Bonchev–Trinajstić information content (AvgIpc) is 3.19. The van der Waals surface area contributed by atoms with Crippen molar-refractivity contribution in [2.75, 3.05) is 13.2 Å². The van der Waals surface area contributed by atoms with Gasteiger partial charge in [-0.15, -0.1) is 0 Å². The summed E-state index contributed by atoms with van der Waals surface area (Å²) in [4.78, 5) is 23.6. The number of carbonyl (C=O) groups is 2. The minimum absolute atomic E-state index is 0.265. The molecule has 0 spiro atoms. The lowest BCUT2D eigenvalue weighted by Crippen LogP contribution is -2.31. The Bertz CT molecular complexity index is 888. The lowest BCUT2D eigenvalue weighted by molar-refractivity contribution is -0.150. The van der Waals surface area contributed by atoms with Gasteiger partial charge in [0.15, 0.2) is 13.2 Å². The van der Waals surface area contributed by atoms with Gasteiger partial charge in [-0.2, -0.15) is 0 Å². The molecule has 0 saturated heterocycles. The number of ether oxygens (including phenoxy) is 2. The van der Waals surface area contributed by atoms with Gasteiger partial charge in [0.25, 0.3) is 5.91 Å². The quantitative estimate of drug-likeness (QED) is 0.660. The largest absolute Gasteiger partial charge is 0.482 e. The topological polar surface area (TPSA) is 77.8 Å². The van der Waals surface area contributed by atoms with Crippen molar-refractivity contribution in [2.24, 2.45) is 0 Å². The van der Waals surface area contributed by atoms with E-state index in [1.54, 1.807) is 25.1 Å². The highest BCUT2D eigenvalue weighted by molar-refractivity contribution is 5.84. The van der Waals surface area contributed by atoms with Crippen molar-refractivity contribution >= 4 is 22.6 Å². The van der Waals surface area contributed by atoms with Crippen molar-refractivity contribution < 1.29 is 23.5 Å². The first-order valence-corrected chi connectivity index (χ1v) is 8.22. The number of hydrogen-bond donors (Lipinski definition) is 1. The van der Waals surface area contributed by atoms with Crippen LogP contribution >= 0.6 is 0 Å². The summed E-state index contributed by atoms with van der Waals surface area (Å²) in [6, 6.07) is 16.6. The molecule has 3 rings (SSSR count). The second-order valence-electron chi connectivity index (χ2n) is 5.76. The average molecular weight is 353 g/mol. The highest BCUT2D eigenvalue weighted by Gasteiger charge is 2.14. The molecule has 6 nitrogen and oxygen atoms in total. The van der Waals surface area contributed by atoms with Gasteiger partial charge in [0.2, 0.25) is 0 Å². The Morgan fingerprint density at radius 3 is 2.62 bits per heavy atom. The molecule has 1 atom stereocenters. The molecule has 1 heterocycles. The van der Waals surface area contributed by atoms with Gasteiger partial charge in [0.05, 0.1) is 12.3 Å². The van der Waals surface area contributed by atoms with E-state index < -0.39 is 11.9 Å². The second-order valence-corrected chi connectivity index (χ2v) is 5.76. The second kappa shape index (κ2) is 8.20. The van der Waals surface area contributed by atoms with Crippen LogP contribution in [-0.4, -0.2) is 25.1 Å². The van der Waals surface area contributed by atoms with Crippen LogP contribution in [0.15, 0.2) is 65.3 Å². The van der Waals surface area contributed by atoms with Crippen molar-refractivity contribution in [1.82, 2.24) is 5.32 Å². The summed E-state index contributed by atoms with van der Waals surface area (Å²) in [5, 5.41) is 4.79. The molecule has 0 saturated carbocycles. The first-order chi connectivity index (χ1) is 12.6. The normalized spacial score (nSPS) is 11.7. The molecule has 26 heavy (non-hydrogen) atoms. The maximum atomic E-state index is 11.8. The molecular weight excluding hydrogens is 334 g/mol. The Morgan fingerprint density at radius 1 is 1.04 bits per heavy atom. The molecule has 0 radical (unpaired) electrons. The number of carbonyl (C=O) groups excluding carboxylic acids is 2. The van der Waals surface area contributed by atoms with Crippen molar-refractivity contribution in [3.8, 4) is 5.75 Å². The Kier molecular flexibility index (Phi) is 5.53. The van der Waals surface area contributed by atoms with Crippen LogP contribution in [0.5, 0.6) is 5.75 Å². The molecule has 6 heteroatoms. The van der Waals surface area contributed by atoms with Gasteiger partial charge in [-0.3, -0.25) is 4.79 Å². The maximum absolute atomic E-state index is 11.8. The van der Waals surface area contributed by atoms with E-state index in [1.165, 1.54) is 6.26 Å². The third kappa shape index (κ3) is 4.63. The zero-order valence-electron chi connectivity index (χ0n) is 14.3. The summed E-state index contributed by atoms with van der Waals surface area (Å²) in [7, 11) is 0. The Hall–Kier alpha value is -3.28. The Balaban J connectivity index is 1.42. The molecule has 0 fully saturated rings. The van der Waals surface area contributed by atoms with Crippen molar-refractivity contribution in [2.45, 2.75) is 13.0 Å². The van der Waals surface area contributed by atoms with Crippen LogP contribution in [0, 0.1) is 0 Å². The van der Waals surface area contributed by atoms with Crippen LogP contribution in [0.4, 0.5) is 0 Å². The number of nitrogens with one attached hydrogen (secondary N) is 1. The van der Waals surface area contributed by atoms with Gasteiger partial charge in [0.1, 0.15) is 11.5 Å². The molecule has 0 aliphatic heterocycles. The van der Waals surface area contributed by atoms with Crippen LogP contribution in [-0.2, 0) is 14.3 Å². The molecule has 0 unspecified atom stereocenters. The van der Waals surface area contributed by atoms with Gasteiger partial charge in [-0.1, -0.05) is 30.3 Å². The summed E-state index contributed by atoms with van der Waals surface area (Å²) >= 11 is 0. The SMILES string of the molecule is C[C@@H](NC(=O)COC(=O)COc1ccc2ccccc2c1)c1ccco1. The molecule has 0 aliphatic carbocycles. The van der Waals surface area contributed by atoms with Crippen LogP contribution in [0.3, 0.4) is 0 Å². The van der Waals surface area contributed by atoms with E-state index in [4.69, 9.17) is 13.9 Å². The summed E-state index contributed by atoms with van der Waals surface area (Å²) in [6.45, 7) is 1.14. The summed E-state index contributed by atoms with van der Waals surface area (Å²) in [5.74, 6) is 0.174. The molecule has 3 aromatic rings. The third-order valence-electron chi connectivity index (χ3n) is 3.79. The molecular formula is C20H19NO5. The number of fused-ring (bicyclic) bond motifs is 1. The van der Waals surface area contributed by atoms with E-state index in [2.05, 4.69) is 5.32 Å². The van der Waals surface area contributed by atoms with Gasteiger partial charge < -0.3 is 19.2 Å². The van der Waals surface area contributed by atoms with E-state index >= 15 is 0 Å². The van der Waals surface area contributed by atoms with Crippen molar-refractivity contribution in [3.63, 3.8) is 0 Å². The fourth-order valence-electron chi connectivity index (χ4n) is 2.48. The zero-order chi connectivity index (χ0) is 18.4. The van der Waals surface area contributed by atoms with Crippen molar-refractivity contribution in [1.29, 1.82) is 0 Å². The van der Waals surface area contributed by atoms with Crippen LogP contribution in [0.2, 0.25) is 0 Å². The first-order valence-electron chi connectivity index (χ1n) is 8.22. The number of amides is 1. The van der Waals surface area contributed by atoms with Crippen LogP contribution < -0.4 is 10.1 Å². The van der Waals surface area contributed by atoms with Gasteiger partial charge in [0, 0.05) is 0 Å². The fourth-order valence-corrected chi connectivity index (χ4v) is 2.48. The zero-order valence-corrected chi connectivity index (χ0v) is 14.3. The number of rotatable bonds is 7. The van der Waals surface area contributed by atoms with Crippen LogP contribution in [0.1, 0.15) is 18.7 Å². The molecule has 1 N–H and O–H groups in total. The predicted octanol–water partition coefficient (Wildman–Crippen LogP) is 3.23. The standard InChI is InChI=1S/C20H19NO5/c1-14(18-7-4-10-24-18)21-19(22)12-26-20(23)13-25-17-9-8-15-5-2-3-6-16(15)11-17/h2-11,14H,12-13H2,1H3,(H,21,22)/t14-/m1/s1. The van der Waals surface area contributed by atoms with Crippen LogP contribution in [0.25, 0.3) is 10.8 Å². The lowest BCUT2D eigenvalue weighted by Gasteiger charge is -2.12. The highest BCUT2D eigenvalue weighted by Crippen LogP contribution is 2.20. The van der Waals surface area contributed by atoms with Gasteiger partial charge >= 0.3 is 5.97 Å². The lowest BCUT2D eigenvalue weighted by atomic mass is 10.1. The van der Waals surface area contributed by atoms with Crippen molar-refractivity contribution in [3.05, 3.63) is 66.6 Å². The Labute approximate surface area is 150 Å². The third-order valence-corrected chi connectivity index (χ3v) is 3.79. The van der Waals surface area contributed by atoms with E-state index in [9.17, 15) is 9.59 Å². The molecule has 1 aromatic heterocycles. The molecule has 1 amide bonds. The first kappa shape index (κ1) is 17.5. The minimum atomic E-state index is -0.612. The predicted molar refractivity (Wildman–Crippen MR) is 95.7 cm³/mol. The Morgan fingerprint density at radius 2 is 1.85 bits per heavy atom. The fraction of sp³-hybridized carbons (Fsp3) is 0.200. The number of furan rings is 1. The monoisotopic (exact) mass is 353 g/mol. The summed E-state index contributed by atoms with van der Waals surface area (Å²) < 4.78 is 15.5. The van der Waals surface area contributed by atoms with Gasteiger partial charge in [-0.25, -0.2) is 4.79 Å². The number of benzene rings is 2. The minimum Gasteiger partial charge on any atom is -0.482 e. The van der Waals surface area contributed by atoms with E-state index in [-0.39, 0.29) is 19.3 Å². The number of hydrogen-bond acceptors (Lipinski definition) is 5. The summed E-state index contributed by atoms with van der Waals surface area (Å²) in [5.41, 5.74) is 0. The van der Waals surface area contributed by atoms with E-state index in [0.717, 1.165) is 10.8 Å².